The Morgan fingerprint density at radius 1 is 1.18 bits per heavy atom. The van der Waals surface area contributed by atoms with Crippen LogP contribution in [0.4, 0.5) is 5.69 Å². The van der Waals surface area contributed by atoms with E-state index in [-0.39, 0.29) is 0 Å². The molecule has 0 aromatic heterocycles. The number of hydrogen-bond acceptors (Lipinski definition) is 1. The zero-order valence-corrected chi connectivity index (χ0v) is 10.8. The van der Waals surface area contributed by atoms with Crippen molar-refractivity contribution in [3.05, 3.63) is 29.3 Å². The zero-order chi connectivity index (χ0) is 11.7. The Hall–Kier alpha value is -0.980. The van der Waals surface area contributed by atoms with E-state index < -0.39 is 0 Å². The molecule has 1 fully saturated rings. The summed E-state index contributed by atoms with van der Waals surface area (Å²) in [6, 6.07) is 7.53. The average molecular weight is 229 g/mol. The van der Waals surface area contributed by atoms with Crippen molar-refractivity contribution < 1.29 is 0 Å². The molecule has 1 nitrogen and oxygen atoms in total. The van der Waals surface area contributed by atoms with Crippen LogP contribution in [0.25, 0.3) is 0 Å². The Bertz CT molecular complexity index is 391. The molecule has 1 aliphatic carbocycles. The number of nitrogens with one attached hydrogen (secondary N) is 1. The van der Waals surface area contributed by atoms with Gasteiger partial charge in [-0.05, 0) is 42.7 Å². The lowest BCUT2D eigenvalue weighted by molar-refractivity contribution is 0.321. The molecule has 1 atom stereocenters. The van der Waals surface area contributed by atoms with Crippen LogP contribution in [0, 0.1) is 5.92 Å². The van der Waals surface area contributed by atoms with Crippen LogP contribution in [0.5, 0.6) is 0 Å². The van der Waals surface area contributed by atoms with Gasteiger partial charge in [-0.1, -0.05) is 44.4 Å². The molecule has 1 saturated carbocycles. The van der Waals surface area contributed by atoms with Crippen LogP contribution in [0.2, 0.25) is 0 Å². The van der Waals surface area contributed by atoms with Gasteiger partial charge in [0.1, 0.15) is 0 Å². The van der Waals surface area contributed by atoms with Crippen molar-refractivity contribution in [2.75, 3.05) is 5.32 Å². The molecular weight excluding hydrogens is 206 g/mol. The lowest BCUT2D eigenvalue weighted by atomic mass is 9.83. The molecule has 2 aliphatic rings. The lowest BCUT2D eigenvalue weighted by Gasteiger charge is -2.27. The van der Waals surface area contributed by atoms with Crippen LogP contribution < -0.4 is 5.32 Å². The van der Waals surface area contributed by atoms with Gasteiger partial charge < -0.3 is 5.32 Å². The van der Waals surface area contributed by atoms with Crippen molar-refractivity contribution in [3.8, 4) is 0 Å². The fourth-order valence-corrected chi connectivity index (χ4v) is 3.60. The predicted molar refractivity (Wildman–Crippen MR) is 73.5 cm³/mol. The molecule has 1 aromatic rings. The molecule has 92 valence electrons. The van der Waals surface area contributed by atoms with E-state index in [9.17, 15) is 0 Å². The number of aryl methyl sites for hydroxylation is 1. The molecular formula is C16H23N. The second-order valence-electron chi connectivity index (χ2n) is 5.66. The fourth-order valence-electron chi connectivity index (χ4n) is 3.60. The Morgan fingerprint density at radius 2 is 2.00 bits per heavy atom. The van der Waals surface area contributed by atoms with Gasteiger partial charge in [0.2, 0.25) is 0 Å². The monoisotopic (exact) mass is 229 g/mol. The first kappa shape index (κ1) is 11.1. The van der Waals surface area contributed by atoms with Crippen molar-refractivity contribution in [3.63, 3.8) is 0 Å². The van der Waals surface area contributed by atoms with Gasteiger partial charge >= 0.3 is 0 Å². The molecule has 0 saturated heterocycles. The summed E-state index contributed by atoms with van der Waals surface area (Å²) in [6.07, 6.45) is 9.62. The summed E-state index contributed by atoms with van der Waals surface area (Å²) >= 11 is 0. The normalized spacial score (nSPS) is 24.4. The highest BCUT2D eigenvalue weighted by molar-refractivity contribution is 5.62. The van der Waals surface area contributed by atoms with Crippen molar-refractivity contribution >= 4 is 5.69 Å². The minimum atomic E-state index is 0.720. The van der Waals surface area contributed by atoms with Crippen LogP contribution in [0.3, 0.4) is 0 Å². The van der Waals surface area contributed by atoms with Gasteiger partial charge in [0.05, 0.1) is 0 Å². The maximum absolute atomic E-state index is 3.82. The molecule has 0 amide bonds. The second-order valence-corrected chi connectivity index (χ2v) is 5.66. The van der Waals surface area contributed by atoms with Crippen LogP contribution in [-0.4, -0.2) is 6.04 Å². The molecule has 1 heterocycles. The second kappa shape index (κ2) is 4.72. The largest absolute Gasteiger partial charge is 0.381 e. The van der Waals surface area contributed by atoms with Gasteiger partial charge in [0.15, 0.2) is 0 Å². The highest BCUT2D eigenvalue weighted by Crippen LogP contribution is 2.37. The van der Waals surface area contributed by atoms with Crippen molar-refractivity contribution in [2.45, 2.75) is 57.9 Å². The summed E-state index contributed by atoms with van der Waals surface area (Å²) < 4.78 is 0. The quantitative estimate of drug-likeness (QED) is 0.802. The summed E-state index contributed by atoms with van der Waals surface area (Å²) in [7, 11) is 0. The van der Waals surface area contributed by atoms with Gasteiger partial charge in [0.25, 0.3) is 0 Å². The van der Waals surface area contributed by atoms with E-state index in [4.69, 9.17) is 0 Å². The third kappa shape index (κ3) is 2.08. The van der Waals surface area contributed by atoms with Crippen molar-refractivity contribution in [1.82, 2.24) is 0 Å². The van der Waals surface area contributed by atoms with E-state index >= 15 is 0 Å². The summed E-state index contributed by atoms with van der Waals surface area (Å²) in [5, 5.41) is 3.82. The maximum atomic E-state index is 3.82. The van der Waals surface area contributed by atoms with Crippen LogP contribution in [-0.2, 0) is 12.8 Å². The van der Waals surface area contributed by atoms with E-state index in [1.165, 1.54) is 49.8 Å². The Kier molecular flexibility index (Phi) is 3.09. The minimum Gasteiger partial charge on any atom is -0.381 e. The predicted octanol–water partition coefficient (Wildman–Crippen LogP) is 4.17. The lowest BCUT2D eigenvalue weighted by Crippen LogP contribution is -2.28. The fraction of sp³-hybridized carbons (Fsp3) is 0.625. The Labute approximate surface area is 105 Å². The summed E-state index contributed by atoms with van der Waals surface area (Å²) in [5.74, 6) is 0.917. The summed E-state index contributed by atoms with van der Waals surface area (Å²) in [5.41, 5.74) is 4.52. The van der Waals surface area contributed by atoms with Gasteiger partial charge in [0, 0.05) is 11.7 Å². The highest BCUT2D eigenvalue weighted by atomic mass is 15.0. The van der Waals surface area contributed by atoms with Gasteiger partial charge in [-0.25, -0.2) is 0 Å². The molecule has 0 bridgehead atoms. The SMILES string of the molecule is CCc1cccc2c1NC(C1CCCCC1)C2. The number of hydrogen-bond donors (Lipinski definition) is 1. The third-order valence-electron chi connectivity index (χ3n) is 4.61. The summed E-state index contributed by atoms with van der Waals surface area (Å²) in [6.45, 7) is 2.26. The topological polar surface area (TPSA) is 12.0 Å². The average Bonchev–Trinajstić information content (AvgIpc) is 2.83. The Morgan fingerprint density at radius 3 is 2.76 bits per heavy atom. The van der Waals surface area contributed by atoms with Gasteiger partial charge in [-0.2, -0.15) is 0 Å². The van der Waals surface area contributed by atoms with Gasteiger partial charge in [-0.3, -0.25) is 0 Å². The molecule has 17 heavy (non-hydrogen) atoms. The molecule has 1 aliphatic heterocycles. The van der Waals surface area contributed by atoms with E-state index in [0.717, 1.165) is 18.4 Å². The first-order valence-corrected chi connectivity index (χ1v) is 7.25. The molecule has 1 aromatic carbocycles. The van der Waals surface area contributed by atoms with Crippen LogP contribution in [0.1, 0.15) is 50.2 Å². The molecule has 0 radical (unpaired) electrons. The standard InChI is InChI=1S/C16H23N/c1-2-12-9-6-10-14-11-15(17-16(12)14)13-7-4-3-5-8-13/h6,9-10,13,15,17H,2-5,7-8,11H2,1H3. The smallest absolute Gasteiger partial charge is 0.0408 e. The van der Waals surface area contributed by atoms with Crippen LogP contribution >= 0.6 is 0 Å². The molecule has 1 N–H and O–H groups in total. The van der Waals surface area contributed by atoms with Gasteiger partial charge in [-0.15, -0.1) is 0 Å². The van der Waals surface area contributed by atoms with Crippen LogP contribution in [0.15, 0.2) is 18.2 Å². The maximum Gasteiger partial charge on any atom is 0.0408 e. The van der Waals surface area contributed by atoms with Crippen molar-refractivity contribution in [2.24, 2.45) is 5.92 Å². The molecule has 1 unspecified atom stereocenters. The first-order chi connectivity index (χ1) is 8.38. The number of benzene rings is 1. The molecule has 3 rings (SSSR count). The first-order valence-electron chi connectivity index (χ1n) is 7.25. The van der Waals surface area contributed by atoms with E-state index in [0.29, 0.717) is 0 Å². The number of anilines is 1. The van der Waals surface area contributed by atoms with E-state index in [2.05, 4.69) is 30.4 Å². The summed E-state index contributed by atoms with van der Waals surface area (Å²) in [4.78, 5) is 0. The third-order valence-corrected chi connectivity index (χ3v) is 4.61. The van der Waals surface area contributed by atoms with Crippen molar-refractivity contribution in [1.29, 1.82) is 0 Å². The highest BCUT2D eigenvalue weighted by Gasteiger charge is 2.29. The zero-order valence-electron chi connectivity index (χ0n) is 10.8. The minimum absolute atomic E-state index is 0.720. The Balaban J connectivity index is 1.77. The number of rotatable bonds is 2. The molecule has 0 spiro atoms. The molecule has 1 heteroatoms. The number of fused-ring (bicyclic) bond motifs is 1. The number of para-hydroxylation sites is 1. The van der Waals surface area contributed by atoms with E-state index in [1.54, 1.807) is 5.56 Å². The van der Waals surface area contributed by atoms with E-state index in [1.807, 2.05) is 0 Å².